The van der Waals surface area contributed by atoms with Crippen LogP contribution in [0.4, 0.5) is 5.69 Å². The first-order valence-electron chi connectivity index (χ1n) is 5.81. The van der Waals surface area contributed by atoms with E-state index in [0.717, 1.165) is 16.9 Å². The van der Waals surface area contributed by atoms with E-state index in [1.165, 1.54) is 11.3 Å². The Morgan fingerprint density at radius 3 is 2.89 bits per heavy atom. The van der Waals surface area contributed by atoms with E-state index in [4.69, 9.17) is 5.84 Å². The highest BCUT2D eigenvalue weighted by Crippen LogP contribution is 2.17. The van der Waals surface area contributed by atoms with Gasteiger partial charge in [-0.1, -0.05) is 0 Å². The van der Waals surface area contributed by atoms with Crippen molar-refractivity contribution in [2.24, 2.45) is 5.84 Å². The van der Waals surface area contributed by atoms with Gasteiger partial charge in [-0.05, 0) is 30.7 Å². The number of aryl methyl sites for hydroxylation is 1. The van der Waals surface area contributed by atoms with E-state index < -0.39 is 0 Å². The van der Waals surface area contributed by atoms with Gasteiger partial charge in [0.25, 0.3) is 5.91 Å². The largest absolute Gasteiger partial charge is 0.336 e. The van der Waals surface area contributed by atoms with E-state index in [1.54, 1.807) is 29.6 Å². The minimum absolute atomic E-state index is 0.0281. The summed E-state index contributed by atoms with van der Waals surface area (Å²) in [4.78, 5) is 18.1. The van der Waals surface area contributed by atoms with Crippen LogP contribution in [0.3, 0.4) is 0 Å². The number of amides is 1. The number of hydrogen-bond acceptors (Lipinski definition) is 5. The third kappa shape index (κ3) is 3.10. The molecular formula is C13H16N4OS. The number of nitrogen functional groups attached to an aromatic ring is 1. The van der Waals surface area contributed by atoms with Crippen molar-refractivity contribution in [3.05, 3.63) is 45.9 Å². The first-order chi connectivity index (χ1) is 9.11. The van der Waals surface area contributed by atoms with Crippen LogP contribution < -0.4 is 11.3 Å². The fourth-order valence-electron chi connectivity index (χ4n) is 1.81. The Morgan fingerprint density at radius 1 is 1.53 bits per heavy atom. The van der Waals surface area contributed by atoms with Crippen molar-refractivity contribution in [1.29, 1.82) is 0 Å². The molecule has 1 amide bonds. The molecule has 2 rings (SSSR count). The lowest BCUT2D eigenvalue weighted by Crippen LogP contribution is -2.26. The molecular weight excluding hydrogens is 260 g/mol. The fraction of sp³-hybridized carbons (Fsp3) is 0.231. The highest BCUT2D eigenvalue weighted by molar-refractivity contribution is 7.07. The summed E-state index contributed by atoms with van der Waals surface area (Å²) in [6.45, 7) is 2.42. The summed E-state index contributed by atoms with van der Waals surface area (Å²) in [5.74, 6) is 5.35. The zero-order valence-corrected chi connectivity index (χ0v) is 11.7. The van der Waals surface area contributed by atoms with Crippen LogP contribution in [0.25, 0.3) is 0 Å². The molecule has 2 aromatic rings. The summed E-state index contributed by atoms with van der Waals surface area (Å²) in [5.41, 5.74) is 7.66. The molecule has 100 valence electrons. The maximum absolute atomic E-state index is 12.3. The molecule has 6 heteroatoms. The average molecular weight is 276 g/mol. The lowest BCUT2D eigenvalue weighted by atomic mass is 10.1. The van der Waals surface area contributed by atoms with E-state index in [2.05, 4.69) is 10.4 Å². The predicted molar refractivity (Wildman–Crippen MR) is 76.9 cm³/mol. The molecule has 0 fully saturated rings. The number of thiazole rings is 1. The van der Waals surface area contributed by atoms with Gasteiger partial charge in [-0.15, -0.1) is 11.3 Å². The van der Waals surface area contributed by atoms with Gasteiger partial charge in [0.1, 0.15) is 0 Å². The lowest BCUT2D eigenvalue weighted by Gasteiger charge is -2.16. The van der Waals surface area contributed by atoms with Crippen LogP contribution in [-0.4, -0.2) is 22.8 Å². The number of hydrazine groups is 1. The molecule has 0 atom stereocenters. The third-order valence-corrected chi connectivity index (χ3v) is 3.49. The van der Waals surface area contributed by atoms with Gasteiger partial charge in [-0.2, -0.15) is 0 Å². The van der Waals surface area contributed by atoms with E-state index in [-0.39, 0.29) is 5.91 Å². The molecule has 5 nitrogen and oxygen atoms in total. The summed E-state index contributed by atoms with van der Waals surface area (Å²) in [7, 11) is 1.77. The number of rotatable bonds is 4. The van der Waals surface area contributed by atoms with Gasteiger partial charge >= 0.3 is 0 Å². The van der Waals surface area contributed by atoms with Crippen LogP contribution in [0.15, 0.2) is 29.1 Å². The van der Waals surface area contributed by atoms with Crippen molar-refractivity contribution < 1.29 is 4.79 Å². The van der Waals surface area contributed by atoms with E-state index in [0.29, 0.717) is 12.1 Å². The van der Waals surface area contributed by atoms with Gasteiger partial charge in [0.05, 0.1) is 23.4 Å². The number of aromatic nitrogens is 1. The first-order valence-corrected chi connectivity index (χ1v) is 6.76. The molecule has 0 bridgehead atoms. The Kier molecular flexibility index (Phi) is 4.13. The normalized spacial score (nSPS) is 10.3. The van der Waals surface area contributed by atoms with E-state index in [9.17, 15) is 4.79 Å². The zero-order valence-electron chi connectivity index (χ0n) is 10.9. The molecule has 1 aromatic carbocycles. The molecule has 0 spiro atoms. The van der Waals surface area contributed by atoms with Crippen LogP contribution in [0, 0.1) is 6.92 Å². The minimum Gasteiger partial charge on any atom is -0.336 e. The van der Waals surface area contributed by atoms with Crippen LogP contribution >= 0.6 is 11.3 Å². The van der Waals surface area contributed by atoms with Crippen LogP contribution in [0.1, 0.15) is 21.6 Å². The zero-order chi connectivity index (χ0) is 13.8. The van der Waals surface area contributed by atoms with Crippen LogP contribution in [-0.2, 0) is 6.54 Å². The van der Waals surface area contributed by atoms with Crippen LogP contribution in [0.2, 0.25) is 0 Å². The molecule has 3 N–H and O–H groups in total. The summed E-state index contributed by atoms with van der Waals surface area (Å²) in [6.07, 6.45) is 0. The number of nitrogens with two attached hydrogens (primary N) is 1. The quantitative estimate of drug-likeness (QED) is 0.662. The molecule has 0 radical (unpaired) electrons. The number of nitrogens with one attached hydrogen (secondary N) is 1. The monoisotopic (exact) mass is 276 g/mol. The highest BCUT2D eigenvalue weighted by Gasteiger charge is 2.13. The van der Waals surface area contributed by atoms with Crippen molar-refractivity contribution in [3.8, 4) is 0 Å². The van der Waals surface area contributed by atoms with E-state index >= 15 is 0 Å². The highest BCUT2D eigenvalue weighted by atomic mass is 32.1. The van der Waals surface area contributed by atoms with Crippen molar-refractivity contribution in [2.75, 3.05) is 12.5 Å². The van der Waals surface area contributed by atoms with E-state index in [1.807, 2.05) is 18.4 Å². The SMILES string of the molecule is Cc1cc(C(=O)N(C)Cc2cscn2)ccc1NN. The van der Waals surface area contributed by atoms with Crippen molar-refractivity contribution in [1.82, 2.24) is 9.88 Å². The molecule has 0 saturated carbocycles. The standard InChI is InChI=1S/C13H16N4OS/c1-9-5-10(3-4-12(9)16-14)13(18)17(2)6-11-7-19-8-15-11/h3-5,7-8,16H,6,14H2,1-2H3. The summed E-state index contributed by atoms with van der Waals surface area (Å²) >= 11 is 1.53. The molecule has 0 saturated heterocycles. The van der Waals surface area contributed by atoms with Crippen molar-refractivity contribution in [3.63, 3.8) is 0 Å². The second-order valence-corrected chi connectivity index (χ2v) is 5.03. The van der Waals surface area contributed by atoms with Gasteiger partial charge < -0.3 is 10.3 Å². The average Bonchev–Trinajstić information content (AvgIpc) is 2.90. The predicted octanol–water partition coefficient (Wildman–Crippen LogP) is 2.01. The van der Waals surface area contributed by atoms with Gasteiger partial charge in [-0.3, -0.25) is 10.6 Å². The Labute approximate surface area is 116 Å². The minimum atomic E-state index is -0.0281. The first kappa shape index (κ1) is 13.5. The van der Waals surface area contributed by atoms with Crippen molar-refractivity contribution >= 4 is 22.9 Å². The maximum atomic E-state index is 12.3. The Hall–Kier alpha value is -1.92. The molecule has 0 aliphatic carbocycles. The molecule has 19 heavy (non-hydrogen) atoms. The second-order valence-electron chi connectivity index (χ2n) is 4.32. The number of benzene rings is 1. The Balaban J connectivity index is 2.12. The summed E-state index contributed by atoms with van der Waals surface area (Å²) < 4.78 is 0. The smallest absolute Gasteiger partial charge is 0.253 e. The van der Waals surface area contributed by atoms with Crippen LogP contribution in [0.5, 0.6) is 0 Å². The molecule has 0 aliphatic rings. The Bertz CT molecular complexity index is 568. The maximum Gasteiger partial charge on any atom is 0.253 e. The Morgan fingerprint density at radius 2 is 2.32 bits per heavy atom. The molecule has 1 heterocycles. The number of anilines is 1. The van der Waals surface area contributed by atoms with Gasteiger partial charge in [-0.25, -0.2) is 4.98 Å². The summed E-state index contributed by atoms with van der Waals surface area (Å²) in [6, 6.07) is 5.40. The molecule has 0 aliphatic heterocycles. The lowest BCUT2D eigenvalue weighted by molar-refractivity contribution is 0.0783. The summed E-state index contributed by atoms with van der Waals surface area (Å²) in [5, 5.41) is 1.94. The molecule has 1 aromatic heterocycles. The topological polar surface area (TPSA) is 71.2 Å². The number of nitrogens with zero attached hydrogens (tertiary/aromatic N) is 2. The molecule has 0 unspecified atom stereocenters. The number of carbonyl (C=O) groups excluding carboxylic acids is 1. The van der Waals surface area contributed by atoms with Gasteiger partial charge in [0.2, 0.25) is 0 Å². The van der Waals surface area contributed by atoms with Gasteiger partial charge in [0.15, 0.2) is 0 Å². The van der Waals surface area contributed by atoms with Gasteiger partial charge in [0, 0.05) is 18.0 Å². The van der Waals surface area contributed by atoms with Crippen molar-refractivity contribution in [2.45, 2.75) is 13.5 Å². The fourth-order valence-corrected chi connectivity index (χ4v) is 2.36. The second kappa shape index (κ2) is 5.81. The third-order valence-electron chi connectivity index (χ3n) is 2.86. The number of hydrogen-bond donors (Lipinski definition) is 2. The number of carbonyl (C=O) groups is 1.